The molecule has 0 spiro atoms. The summed E-state index contributed by atoms with van der Waals surface area (Å²) in [4.78, 5) is 51.0. The van der Waals surface area contributed by atoms with E-state index in [9.17, 15) is 27.6 Å². The van der Waals surface area contributed by atoms with Gasteiger partial charge in [0.2, 0.25) is 21.8 Å². The van der Waals surface area contributed by atoms with Gasteiger partial charge in [-0.2, -0.15) is 0 Å². The molecule has 0 radical (unpaired) electrons. The lowest BCUT2D eigenvalue weighted by molar-refractivity contribution is -0.137. The van der Waals surface area contributed by atoms with Crippen LogP contribution in [0.1, 0.15) is 43.7 Å². The van der Waals surface area contributed by atoms with Gasteiger partial charge in [0.1, 0.15) is 18.2 Å². The standard InChI is InChI=1S/C22H33N7O7S/c1-14(23)26-9-3-6-17(12-30)28-19(31)11-27-22(34)18(7-8-20(32)33)29-37(35,36)13-15-4-2-5-16(10-15)21(24)25/h2,4-5,10,12,17-18,29H,3,6-9,11,13H2,1H3,(H2,23,26)(H3,24,25)(H,27,34)(H,28,31)(H,32,33)/t17-,18-/m0/s1. The number of aliphatic carboxylic acids is 1. The molecule has 0 bridgehead atoms. The number of carbonyl (C=O) groups excluding carboxylic acids is 3. The number of nitrogens with zero attached hydrogens (tertiary/aromatic N) is 1. The van der Waals surface area contributed by atoms with Gasteiger partial charge < -0.3 is 32.0 Å². The number of nitrogens with one attached hydrogen (secondary N) is 4. The van der Waals surface area contributed by atoms with Crippen LogP contribution in [-0.4, -0.2) is 74.4 Å². The molecule has 2 atom stereocenters. The van der Waals surface area contributed by atoms with Crippen molar-refractivity contribution in [3.63, 3.8) is 0 Å². The molecule has 0 aliphatic carbocycles. The molecule has 0 fully saturated rings. The fraction of sp³-hybridized carbons (Fsp3) is 0.455. The van der Waals surface area contributed by atoms with Crippen LogP contribution in [0.15, 0.2) is 29.3 Å². The summed E-state index contributed by atoms with van der Waals surface area (Å²) in [5, 5.41) is 21.1. The van der Waals surface area contributed by atoms with E-state index in [0.717, 1.165) is 0 Å². The molecule has 2 amide bonds. The molecule has 0 heterocycles. The average Bonchev–Trinajstić information content (AvgIpc) is 2.81. The largest absolute Gasteiger partial charge is 0.481 e. The van der Waals surface area contributed by atoms with Gasteiger partial charge >= 0.3 is 5.97 Å². The number of carboxylic acid groups (broad SMARTS) is 1. The maximum atomic E-state index is 12.7. The van der Waals surface area contributed by atoms with Crippen LogP contribution in [0.3, 0.4) is 0 Å². The van der Waals surface area contributed by atoms with Crippen LogP contribution in [-0.2, 0) is 35.0 Å². The first-order valence-electron chi connectivity index (χ1n) is 11.3. The van der Waals surface area contributed by atoms with Crippen molar-refractivity contribution in [1.82, 2.24) is 15.4 Å². The van der Waals surface area contributed by atoms with Crippen LogP contribution in [0.25, 0.3) is 0 Å². The van der Waals surface area contributed by atoms with Crippen LogP contribution in [0.4, 0.5) is 0 Å². The third-order valence-electron chi connectivity index (χ3n) is 4.85. The van der Waals surface area contributed by atoms with Crippen molar-refractivity contribution < 1.29 is 32.7 Å². The molecule has 9 N–H and O–H groups in total. The van der Waals surface area contributed by atoms with Crippen molar-refractivity contribution in [2.45, 2.75) is 50.4 Å². The minimum atomic E-state index is -4.13. The Hall–Kier alpha value is -3.85. The van der Waals surface area contributed by atoms with Crippen molar-refractivity contribution in [2.24, 2.45) is 16.5 Å². The summed E-state index contributed by atoms with van der Waals surface area (Å²) in [6.45, 7) is 1.44. The Labute approximate surface area is 214 Å². The summed E-state index contributed by atoms with van der Waals surface area (Å²) >= 11 is 0. The Morgan fingerprint density at radius 2 is 1.92 bits per heavy atom. The number of nitrogens with two attached hydrogens (primary N) is 2. The number of hydrogen-bond donors (Lipinski definition) is 7. The Morgan fingerprint density at radius 3 is 2.51 bits per heavy atom. The monoisotopic (exact) mass is 539 g/mol. The van der Waals surface area contributed by atoms with E-state index in [1.165, 1.54) is 24.3 Å². The van der Waals surface area contributed by atoms with Crippen molar-refractivity contribution in [1.29, 1.82) is 5.41 Å². The molecule has 0 saturated heterocycles. The van der Waals surface area contributed by atoms with Gasteiger partial charge in [0.25, 0.3) is 0 Å². The highest BCUT2D eigenvalue weighted by Gasteiger charge is 2.26. The Balaban J connectivity index is 2.76. The molecule has 14 nitrogen and oxygen atoms in total. The molecule has 0 saturated carbocycles. The zero-order valence-electron chi connectivity index (χ0n) is 20.4. The van der Waals surface area contributed by atoms with E-state index < -0.39 is 58.6 Å². The Bertz CT molecular complexity index is 1120. The van der Waals surface area contributed by atoms with E-state index in [1.54, 1.807) is 6.92 Å². The first-order chi connectivity index (χ1) is 17.3. The smallest absolute Gasteiger partial charge is 0.303 e. The maximum absolute atomic E-state index is 12.7. The van der Waals surface area contributed by atoms with Crippen LogP contribution in [0.2, 0.25) is 0 Å². The topological polar surface area (TPSA) is 247 Å². The number of aliphatic imine (C=N–C) groups is 1. The number of aldehydes is 1. The van der Waals surface area contributed by atoms with Crippen LogP contribution in [0, 0.1) is 5.41 Å². The first-order valence-corrected chi connectivity index (χ1v) is 12.9. The zero-order chi connectivity index (χ0) is 28.0. The number of nitrogen functional groups attached to an aromatic ring is 1. The highest BCUT2D eigenvalue weighted by molar-refractivity contribution is 7.88. The van der Waals surface area contributed by atoms with Crippen molar-refractivity contribution >= 4 is 45.8 Å². The lowest BCUT2D eigenvalue weighted by atomic mass is 10.1. The van der Waals surface area contributed by atoms with Gasteiger partial charge in [-0.25, -0.2) is 13.1 Å². The molecule has 0 aromatic heterocycles. The number of amides is 2. The van der Waals surface area contributed by atoms with E-state index in [4.69, 9.17) is 22.0 Å². The van der Waals surface area contributed by atoms with E-state index in [0.29, 0.717) is 42.6 Å². The molecule has 204 valence electrons. The molecule has 1 aromatic rings. The molecule has 1 rings (SSSR count). The average molecular weight is 540 g/mol. The number of amidine groups is 2. The maximum Gasteiger partial charge on any atom is 0.303 e. The van der Waals surface area contributed by atoms with Crippen molar-refractivity contribution in [3.05, 3.63) is 35.4 Å². The highest BCUT2D eigenvalue weighted by atomic mass is 32.2. The van der Waals surface area contributed by atoms with Crippen LogP contribution >= 0.6 is 0 Å². The molecular weight excluding hydrogens is 506 g/mol. The second-order valence-corrected chi connectivity index (χ2v) is 9.92. The number of benzene rings is 1. The zero-order valence-corrected chi connectivity index (χ0v) is 21.2. The fourth-order valence-corrected chi connectivity index (χ4v) is 4.47. The van der Waals surface area contributed by atoms with Crippen LogP contribution < -0.4 is 26.8 Å². The second kappa shape index (κ2) is 15.3. The summed E-state index contributed by atoms with van der Waals surface area (Å²) in [6, 6.07) is 3.67. The molecule has 37 heavy (non-hydrogen) atoms. The Kier molecular flexibility index (Phi) is 12.9. The SMILES string of the molecule is CC(N)=NCCC[C@@H](C=O)NC(=O)CNC(=O)[C@H](CCC(=O)O)NS(=O)(=O)Cc1cccc(C(=N)N)c1. The molecule has 0 aliphatic heterocycles. The third-order valence-corrected chi connectivity index (χ3v) is 6.21. The van der Waals surface area contributed by atoms with E-state index in [-0.39, 0.29) is 12.3 Å². The van der Waals surface area contributed by atoms with Crippen molar-refractivity contribution in [3.8, 4) is 0 Å². The number of hydrogen-bond acceptors (Lipinski definition) is 8. The number of sulfonamides is 1. The lowest BCUT2D eigenvalue weighted by Crippen LogP contribution is -2.50. The minimum absolute atomic E-state index is 0.250. The number of rotatable bonds is 17. The lowest BCUT2D eigenvalue weighted by Gasteiger charge is -2.18. The Morgan fingerprint density at radius 1 is 1.22 bits per heavy atom. The number of carbonyl (C=O) groups is 4. The molecule has 0 unspecified atom stereocenters. The molecule has 15 heteroatoms. The normalized spacial score (nSPS) is 13.3. The highest BCUT2D eigenvalue weighted by Crippen LogP contribution is 2.10. The van der Waals surface area contributed by atoms with Gasteiger partial charge in [-0.1, -0.05) is 18.2 Å². The first kappa shape index (κ1) is 31.2. The summed E-state index contributed by atoms with van der Waals surface area (Å²) in [6.07, 6.45) is 0.451. The summed E-state index contributed by atoms with van der Waals surface area (Å²) in [7, 11) is -4.13. The predicted molar refractivity (Wildman–Crippen MR) is 136 cm³/mol. The van der Waals surface area contributed by atoms with Gasteiger partial charge in [-0.15, -0.1) is 0 Å². The molecular formula is C22H33N7O7S. The molecule has 0 aliphatic rings. The summed E-state index contributed by atoms with van der Waals surface area (Å²) in [5.74, 6) is -3.25. The molecule has 1 aromatic carbocycles. The summed E-state index contributed by atoms with van der Waals surface area (Å²) < 4.78 is 27.5. The quantitative estimate of drug-likeness (QED) is 0.0530. The number of carboxylic acids is 1. The van der Waals surface area contributed by atoms with Crippen LogP contribution in [0.5, 0.6) is 0 Å². The van der Waals surface area contributed by atoms with E-state index in [2.05, 4.69) is 20.3 Å². The van der Waals surface area contributed by atoms with Gasteiger partial charge in [0, 0.05) is 18.5 Å². The predicted octanol–water partition coefficient (Wildman–Crippen LogP) is -1.42. The summed E-state index contributed by atoms with van der Waals surface area (Å²) in [5.41, 5.74) is 11.5. The van der Waals surface area contributed by atoms with E-state index >= 15 is 0 Å². The van der Waals surface area contributed by atoms with Gasteiger partial charge in [-0.3, -0.25) is 24.8 Å². The van der Waals surface area contributed by atoms with Crippen molar-refractivity contribution in [2.75, 3.05) is 13.1 Å². The third kappa shape index (κ3) is 13.1. The second-order valence-electron chi connectivity index (χ2n) is 8.17. The minimum Gasteiger partial charge on any atom is -0.481 e. The van der Waals surface area contributed by atoms with Gasteiger partial charge in [-0.05, 0) is 37.8 Å². The fourth-order valence-electron chi connectivity index (χ4n) is 3.11. The van der Waals surface area contributed by atoms with Gasteiger partial charge in [0.05, 0.1) is 24.2 Å². The van der Waals surface area contributed by atoms with E-state index in [1.807, 2.05) is 0 Å². The van der Waals surface area contributed by atoms with Gasteiger partial charge in [0.15, 0.2) is 0 Å².